The van der Waals surface area contributed by atoms with Crippen molar-refractivity contribution in [1.29, 1.82) is 0 Å². The van der Waals surface area contributed by atoms with Gasteiger partial charge in [0.1, 0.15) is 24.4 Å². The number of hydrogen-bond donors (Lipinski definition) is 0. The summed E-state index contributed by atoms with van der Waals surface area (Å²) in [6, 6.07) is 14.7. The largest absolute Gasteiger partial charge is 0.368 e. The van der Waals surface area contributed by atoms with E-state index in [0.717, 1.165) is 5.56 Å². The topological polar surface area (TPSA) is 55.4 Å². The van der Waals surface area contributed by atoms with Gasteiger partial charge in [-0.1, -0.05) is 36.4 Å². The van der Waals surface area contributed by atoms with Crippen LogP contribution < -0.4 is 0 Å². The van der Waals surface area contributed by atoms with E-state index in [1.807, 2.05) is 39.8 Å². The summed E-state index contributed by atoms with van der Waals surface area (Å²) >= 11 is 0. The number of rotatable bonds is 4. The Bertz CT molecular complexity index is 894. The average Bonchev–Trinajstić information content (AvgIpc) is 3.28. The van der Waals surface area contributed by atoms with Crippen molar-refractivity contribution in [2.75, 3.05) is 6.61 Å². The fourth-order valence-corrected chi connectivity index (χ4v) is 4.39. The zero-order valence-electron chi connectivity index (χ0n) is 17.3. The highest BCUT2D eigenvalue weighted by Crippen LogP contribution is 2.42. The Hall–Kier alpha value is -1.54. The monoisotopic (exact) mass is 400 g/mol. The molecule has 0 N–H and O–H groups in total. The molecule has 5 rings (SSSR count). The molecule has 3 aliphatic heterocycles. The van der Waals surface area contributed by atoms with Crippen molar-refractivity contribution < 1.29 is 28.4 Å². The van der Waals surface area contributed by atoms with Crippen LogP contribution in [0, 0.1) is 0 Å². The third-order valence-corrected chi connectivity index (χ3v) is 5.68. The molecular formula is C23H28O6. The van der Waals surface area contributed by atoms with Gasteiger partial charge in [-0.05, 0) is 50.1 Å². The van der Waals surface area contributed by atoms with E-state index in [9.17, 15) is 0 Å². The lowest BCUT2D eigenvalue weighted by atomic mass is 10.1. The number of ether oxygens (including phenoxy) is 6. The minimum atomic E-state index is -0.697. The second kappa shape index (κ2) is 7.01. The fraction of sp³-hybridized carbons (Fsp3) is 0.565. The first-order chi connectivity index (χ1) is 13.8. The number of benzene rings is 2. The zero-order valence-corrected chi connectivity index (χ0v) is 17.3. The van der Waals surface area contributed by atoms with E-state index in [1.54, 1.807) is 0 Å². The molecule has 3 saturated heterocycles. The van der Waals surface area contributed by atoms with Crippen molar-refractivity contribution in [3.05, 3.63) is 48.0 Å². The maximum absolute atomic E-state index is 6.37. The molecule has 0 spiro atoms. The third-order valence-electron chi connectivity index (χ3n) is 5.68. The van der Waals surface area contributed by atoms with Gasteiger partial charge in [0.2, 0.25) is 0 Å². The van der Waals surface area contributed by atoms with E-state index in [2.05, 4.69) is 30.3 Å². The maximum atomic E-state index is 6.37. The van der Waals surface area contributed by atoms with E-state index in [4.69, 9.17) is 28.4 Å². The lowest BCUT2D eigenvalue weighted by molar-refractivity contribution is -0.236. The SMILES string of the molecule is CC1(C)OCC([C@H]2O[C@@H]3OC(C)(C)O[C@@H]3[C@@H]2OCc2ccc3ccccc3c2)O1. The van der Waals surface area contributed by atoms with Crippen LogP contribution in [0.15, 0.2) is 42.5 Å². The Balaban J connectivity index is 1.35. The van der Waals surface area contributed by atoms with Crippen LogP contribution in [-0.4, -0.2) is 48.9 Å². The van der Waals surface area contributed by atoms with Crippen LogP contribution in [-0.2, 0) is 35.0 Å². The second-order valence-corrected chi connectivity index (χ2v) is 8.89. The van der Waals surface area contributed by atoms with E-state index in [-0.39, 0.29) is 24.4 Å². The van der Waals surface area contributed by atoms with Crippen molar-refractivity contribution in [3.63, 3.8) is 0 Å². The first kappa shape index (κ1) is 19.4. The zero-order chi connectivity index (χ0) is 20.2. The van der Waals surface area contributed by atoms with Gasteiger partial charge in [0.25, 0.3) is 0 Å². The first-order valence-corrected chi connectivity index (χ1v) is 10.2. The van der Waals surface area contributed by atoms with Gasteiger partial charge in [0, 0.05) is 0 Å². The van der Waals surface area contributed by atoms with Gasteiger partial charge in [-0.15, -0.1) is 0 Å². The fourth-order valence-electron chi connectivity index (χ4n) is 4.39. The highest BCUT2D eigenvalue weighted by atomic mass is 16.8. The highest BCUT2D eigenvalue weighted by Gasteiger charge is 2.58. The molecule has 0 radical (unpaired) electrons. The molecule has 0 aromatic heterocycles. The third kappa shape index (κ3) is 3.81. The summed E-state index contributed by atoms with van der Waals surface area (Å²) in [4.78, 5) is 0. The molecule has 0 aliphatic carbocycles. The van der Waals surface area contributed by atoms with Crippen LogP contribution >= 0.6 is 0 Å². The Morgan fingerprint density at radius 1 is 0.897 bits per heavy atom. The summed E-state index contributed by atoms with van der Waals surface area (Å²) in [7, 11) is 0. The molecule has 1 unspecified atom stereocenters. The molecule has 3 aliphatic rings. The molecule has 29 heavy (non-hydrogen) atoms. The molecular weight excluding hydrogens is 372 g/mol. The molecule has 0 bridgehead atoms. The molecule has 0 amide bonds. The molecule has 3 fully saturated rings. The van der Waals surface area contributed by atoms with E-state index in [1.165, 1.54) is 10.8 Å². The molecule has 2 aromatic carbocycles. The van der Waals surface area contributed by atoms with Crippen molar-refractivity contribution in [1.82, 2.24) is 0 Å². The minimum Gasteiger partial charge on any atom is -0.368 e. The van der Waals surface area contributed by atoms with Crippen molar-refractivity contribution in [2.45, 2.75) is 76.6 Å². The molecule has 3 heterocycles. The minimum absolute atomic E-state index is 0.229. The number of fused-ring (bicyclic) bond motifs is 2. The molecule has 0 saturated carbocycles. The highest BCUT2D eigenvalue weighted by molar-refractivity contribution is 5.82. The van der Waals surface area contributed by atoms with Crippen LogP contribution in [0.25, 0.3) is 10.8 Å². The smallest absolute Gasteiger partial charge is 0.190 e. The van der Waals surface area contributed by atoms with E-state index in [0.29, 0.717) is 13.2 Å². The maximum Gasteiger partial charge on any atom is 0.190 e. The van der Waals surface area contributed by atoms with Gasteiger partial charge in [-0.25, -0.2) is 0 Å². The predicted molar refractivity (Wildman–Crippen MR) is 106 cm³/mol. The van der Waals surface area contributed by atoms with Crippen LogP contribution in [0.1, 0.15) is 33.3 Å². The summed E-state index contributed by atoms with van der Waals surface area (Å²) in [6.07, 6.45) is -1.63. The summed E-state index contributed by atoms with van der Waals surface area (Å²) in [5, 5.41) is 2.41. The van der Waals surface area contributed by atoms with E-state index < -0.39 is 17.9 Å². The van der Waals surface area contributed by atoms with Crippen LogP contribution in [0.5, 0.6) is 0 Å². The van der Waals surface area contributed by atoms with Crippen LogP contribution in [0.3, 0.4) is 0 Å². The van der Waals surface area contributed by atoms with Crippen molar-refractivity contribution >= 4 is 10.8 Å². The van der Waals surface area contributed by atoms with E-state index >= 15 is 0 Å². The summed E-state index contributed by atoms with van der Waals surface area (Å²) in [5.74, 6) is -1.33. The Morgan fingerprint density at radius 2 is 1.69 bits per heavy atom. The van der Waals surface area contributed by atoms with Gasteiger partial charge in [-0.3, -0.25) is 0 Å². The molecule has 156 valence electrons. The summed E-state index contributed by atoms with van der Waals surface area (Å²) in [5.41, 5.74) is 1.10. The predicted octanol–water partition coefficient (Wildman–Crippen LogP) is 3.75. The molecule has 2 aromatic rings. The standard InChI is InChI=1S/C23H28O6/c1-22(2)25-13-17(27-22)18-19(20-21(26-18)29-23(3,4)28-20)24-12-14-9-10-15-7-5-6-8-16(15)11-14/h5-11,17-21H,12-13H2,1-4H3/t17?,18-,19-,20-,21-/m1/s1. The van der Waals surface area contributed by atoms with Gasteiger partial charge in [0.05, 0.1) is 13.2 Å². The average molecular weight is 400 g/mol. The van der Waals surface area contributed by atoms with Crippen LogP contribution in [0.2, 0.25) is 0 Å². The van der Waals surface area contributed by atoms with Gasteiger partial charge >= 0.3 is 0 Å². The normalized spacial score (nSPS) is 35.2. The summed E-state index contributed by atoms with van der Waals surface area (Å²) in [6.45, 7) is 8.51. The Kier molecular flexibility index (Phi) is 4.70. The van der Waals surface area contributed by atoms with Crippen molar-refractivity contribution in [3.8, 4) is 0 Å². The lowest BCUT2D eigenvalue weighted by Gasteiger charge is -2.29. The number of hydrogen-bond acceptors (Lipinski definition) is 6. The quantitative estimate of drug-likeness (QED) is 0.779. The van der Waals surface area contributed by atoms with Gasteiger partial charge in [0.15, 0.2) is 17.9 Å². The van der Waals surface area contributed by atoms with Crippen LogP contribution in [0.4, 0.5) is 0 Å². The summed E-state index contributed by atoms with van der Waals surface area (Å²) < 4.78 is 36.4. The van der Waals surface area contributed by atoms with Gasteiger partial charge in [-0.2, -0.15) is 0 Å². The molecule has 5 atom stereocenters. The Labute approximate surface area is 171 Å². The molecule has 6 heteroatoms. The second-order valence-electron chi connectivity index (χ2n) is 8.89. The Morgan fingerprint density at radius 3 is 2.45 bits per heavy atom. The molecule has 6 nitrogen and oxygen atoms in total. The van der Waals surface area contributed by atoms with Gasteiger partial charge < -0.3 is 28.4 Å². The first-order valence-electron chi connectivity index (χ1n) is 10.2. The lowest BCUT2D eigenvalue weighted by Crippen LogP contribution is -2.44. The van der Waals surface area contributed by atoms with Crippen molar-refractivity contribution in [2.24, 2.45) is 0 Å².